The molecule has 3 heterocycles. The number of carbonyl (C=O) groups is 1. The molecule has 0 aromatic rings. The normalized spacial score (nSPS) is 36.7. The Morgan fingerprint density at radius 2 is 2.05 bits per heavy atom. The molecule has 3 rings (SSSR count). The van der Waals surface area contributed by atoms with Crippen LogP contribution in [-0.4, -0.2) is 75.3 Å². The number of rotatable bonds is 1. The third kappa shape index (κ3) is 1.46. The first kappa shape index (κ1) is 13.7. The summed E-state index contributed by atoms with van der Waals surface area (Å²) in [5.41, 5.74) is 15.2. The average molecular weight is 299 g/mol. The number of primary amides is 1. The van der Waals surface area contributed by atoms with Crippen LogP contribution >= 0.6 is 0 Å². The van der Waals surface area contributed by atoms with Gasteiger partial charge >= 0.3 is 6.09 Å². The number of amides is 1. The summed E-state index contributed by atoms with van der Waals surface area (Å²) in [6.07, 6.45) is -2.24. The summed E-state index contributed by atoms with van der Waals surface area (Å²) in [4.78, 5) is 22.1. The Morgan fingerprint density at radius 3 is 2.67 bits per heavy atom. The molecule has 1 fully saturated rings. The quantitative estimate of drug-likeness (QED) is 0.309. The fraction of sp³-hybridized carbons (Fsp3) is 0.700. The fourth-order valence-electron chi connectivity index (χ4n) is 3.41. The highest BCUT2D eigenvalue weighted by atomic mass is 16.6. The van der Waals surface area contributed by atoms with Crippen LogP contribution < -0.4 is 17.2 Å². The van der Waals surface area contributed by atoms with E-state index in [1.54, 1.807) is 7.05 Å². The first-order valence-corrected chi connectivity index (χ1v) is 6.30. The van der Waals surface area contributed by atoms with E-state index in [0.717, 1.165) is 0 Å². The van der Waals surface area contributed by atoms with Gasteiger partial charge in [-0.15, -0.1) is 0 Å². The van der Waals surface area contributed by atoms with Gasteiger partial charge in [-0.05, 0) is 0 Å². The van der Waals surface area contributed by atoms with Gasteiger partial charge in [0.25, 0.3) is 0 Å². The zero-order chi connectivity index (χ0) is 15.6. The van der Waals surface area contributed by atoms with Crippen molar-refractivity contribution in [1.29, 1.82) is 0 Å². The zero-order valence-corrected chi connectivity index (χ0v) is 11.3. The third-order valence-electron chi connectivity index (χ3n) is 4.27. The molecule has 0 saturated carbocycles. The van der Waals surface area contributed by atoms with Gasteiger partial charge in [-0.25, -0.2) is 14.8 Å². The van der Waals surface area contributed by atoms with Crippen LogP contribution in [0.4, 0.5) is 4.79 Å². The van der Waals surface area contributed by atoms with Gasteiger partial charge in [0.1, 0.15) is 0 Å². The molecular formula is C10H17N7O4. The Bertz CT molecular complexity index is 562. The molecule has 3 unspecified atom stereocenters. The van der Waals surface area contributed by atoms with Gasteiger partial charge in [0.15, 0.2) is 18.0 Å². The van der Waals surface area contributed by atoms with E-state index in [-0.39, 0.29) is 24.9 Å². The van der Waals surface area contributed by atoms with Gasteiger partial charge in [0.05, 0.1) is 0 Å². The minimum Gasteiger partial charge on any atom is -0.421 e. The number of hydrogen-bond acceptors (Lipinski definition) is 10. The number of aliphatic hydroxyl groups is 2. The van der Waals surface area contributed by atoms with Crippen molar-refractivity contribution in [3.8, 4) is 0 Å². The van der Waals surface area contributed by atoms with Crippen molar-refractivity contribution >= 4 is 18.0 Å². The van der Waals surface area contributed by atoms with Gasteiger partial charge in [-0.3, -0.25) is 0 Å². The first-order valence-electron chi connectivity index (χ1n) is 6.30. The van der Waals surface area contributed by atoms with Gasteiger partial charge in [0, 0.05) is 20.0 Å². The van der Waals surface area contributed by atoms with Crippen molar-refractivity contribution in [2.45, 2.75) is 30.1 Å². The van der Waals surface area contributed by atoms with E-state index in [4.69, 9.17) is 21.9 Å². The highest BCUT2D eigenvalue weighted by Gasteiger charge is 2.72. The number of aliphatic imine (C=N–C) groups is 2. The lowest BCUT2D eigenvalue weighted by atomic mass is 9.89. The van der Waals surface area contributed by atoms with E-state index in [9.17, 15) is 15.0 Å². The molecule has 116 valence electrons. The second-order valence-corrected chi connectivity index (χ2v) is 5.25. The minimum absolute atomic E-state index is 0.000718. The molecule has 21 heavy (non-hydrogen) atoms. The highest BCUT2D eigenvalue weighted by molar-refractivity contribution is 5.87. The van der Waals surface area contributed by atoms with Gasteiger partial charge in [-0.2, -0.15) is 0 Å². The Morgan fingerprint density at radius 1 is 1.38 bits per heavy atom. The van der Waals surface area contributed by atoms with Crippen molar-refractivity contribution in [3.05, 3.63) is 0 Å². The fourth-order valence-corrected chi connectivity index (χ4v) is 3.41. The molecule has 0 aliphatic carbocycles. The number of nitrogens with two attached hydrogens (primary N) is 3. The van der Waals surface area contributed by atoms with Crippen LogP contribution in [0.25, 0.3) is 0 Å². The van der Waals surface area contributed by atoms with E-state index in [2.05, 4.69) is 9.98 Å². The van der Waals surface area contributed by atoms with Crippen LogP contribution in [0, 0.1) is 0 Å². The summed E-state index contributed by atoms with van der Waals surface area (Å²) in [6.45, 7) is 0.245. The molecule has 8 N–H and O–H groups in total. The second kappa shape index (κ2) is 3.89. The summed E-state index contributed by atoms with van der Waals surface area (Å²) in [7, 11) is 1.55. The Kier molecular flexibility index (Phi) is 2.54. The van der Waals surface area contributed by atoms with E-state index in [0.29, 0.717) is 0 Å². The van der Waals surface area contributed by atoms with E-state index in [1.165, 1.54) is 9.80 Å². The van der Waals surface area contributed by atoms with Gasteiger partial charge in [-0.1, -0.05) is 0 Å². The van der Waals surface area contributed by atoms with E-state index >= 15 is 0 Å². The topological polar surface area (TPSA) is 176 Å². The first-order chi connectivity index (χ1) is 9.71. The number of nitrogens with zero attached hydrogens (tertiary/aromatic N) is 4. The summed E-state index contributed by atoms with van der Waals surface area (Å²) in [6, 6.07) is -0.959. The van der Waals surface area contributed by atoms with Crippen LogP contribution in [0.2, 0.25) is 0 Å². The standard InChI is InChI=1S/C10H17N7O4/c1-16-6(11)14-4-5(21-8(13)18)15-7(12)17-3-2-9(19,20)10(4,16)17/h4-5,19-20H,2-3H2,1H3,(H2,11,14)(H2,12,15)(H2,13,18). The zero-order valence-electron chi connectivity index (χ0n) is 11.3. The highest BCUT2D eigenvalue weighted by Crippen LogP contribution is 2.48. The smallest absolute Gasteiger partial charge is 0.406 e. The van der Waals surface area contributed by atoms with Crippen molar-refractivity contribution in [2.24, 2.45) is 27.2 Å². The molecule has 0 bridgehead atoms. The van der Waals surface area contributed by atoms with Crippen molar-refractivity contribution < 1.29 is 19.7 Å². The van der Waals surface area contributed by atoms with Crippen LogP contribution in [0.1, 0.15) is 6.42 Å². The maximum atomic E-state index is 11.0. The van der Waals surface area contributed by atoms with Crippen LogP contribution in [0.15, 0.2) is 9.98 Å². The Labute approximate surface area is 119 Å². The summed E-state index contributed by atoms with van der Waals surface area (Å²) >= 11 is 0. The SMILES string of the molecule is CN1C(N)=NC2C(OC(N)=O)N=C(N)N3CCC(O)(O)C213. The minimum atomic E-state index is -2.17. The lowest BCUT2D eigenvalue weighted by Gasteiger charge is -2.51. The maximum absolute atomic E-state index is 11.0. The number of ether oxygens (including phenoxy) is 1. The summed E-state index contributed by atoms with van der Waals surface area (Å²) < 4.78 is 4.90. The van der Waals surface area contributed by atoms with Gasteiger partial charge < -0.3 is 42.0 Å². The monoisotopic (exact) mass is 299 g/mol. The molecule has 11 heteroatoms. The van der Waals surface area contributed by atoms with Crippen molar-refractivity contribution in [1.82, 2.24) is 9.80 Å². The third-order valence-corrected chi connectivity index (χ3v) is 4.27. The van der Waals surface area contributed by atoms with E-state index in [1.807, 2.05) is 0 Å². The lowest BCUT2D eigenvalue weighted by molar-refractivity contribution is -0.250. The van der Waals surface area contributed by atoms with Crippen LogP contribution in [-0.2, 0) is 4.74 Å². The van der Waals surface area contributed by atoms with E-state index < -0.39 is 29.8 Å². The summed E-state index contributed by atoms with van der Waals surface area (Å²) in [5, 5.41) is 20.9. The Balaban J connectivity index is 2.16. The number of guanidine groups is 2. The molecule has 0 radical (unpaired) electrons. The number of hydrogen-bond donors (Lipinski definition) is 5. The number of carbonyl (C=O) groups excluding carboxylic acids is 1. The van der Waals surface area contributed by atoms with Crippen LogP contribution in [0.3, 0.4) is 0 Å². The molecule has 1 spiro atoms. The molecule has 3 atom stereocenters. The molecule has 1 saturated heterocycles. The molecule has 0 aromatic carbocycles. The largest absolute Gasteiger partial charge is 0.421 e. The number of likely N-dealkylation sites (N-methyl/N-ethyl adjacent to an activating group) is 1. The molecular weight excluding hydrogens is 282 g/mol. The molecule has 0 aromatic heterocycles. The lowest BCUT2D eigenvalue weighted by Crippen LogP contribution is -2.76. The second-order valence-electron chi connectivity index (χ2n) is 5.25. The van der Waals surface area contributed by atoms with Crippen molar-refractivity contribution in [2.75, 3.05) is 13.6 Å². The predicted octanol–water partition coefficient (Wildman–Crippen LogP) is -3.55. The molecule has 3 aliphatic rings. The predicted molar refractivity (Wildman–Crippen MR) is 70.5 cm³/mol. The summed E-state index contributed by atoms with van der Waals surface area (Å²) in [5.74, 6) is -2.11. The van der Waals surface area contributed by atoms with Crippen molar-refractivity contribution in [3.63, 3.8) is 0 Å². The van der Waals surface area contributed by atoms with Gasteiger partial charge in [0.2, 0.25) is 17.7 Å². The molecule has 1 amide bonds. The molecule has 11 nitrogen and oxygen atoms in total. The average Bonchev–Trinajstić information content (AvgIpc) is 2.79. The Hall–Kier alpha value is -2.27. The maximum Gasteiger partial charge on any atom is 0.406 e. The molecule has 3 aliphatic heterocycles. The van der Waals surface area contributed by atoms with Crippen LogP contribution in [0.5, 0.6) is 0 Å².